The van der Waals surface area contributed by atoms with Crippen LogP contribution in [0.4, 0.5) is 11.5 Å². The first kappa shape index (κ1) is 31.5. The molecule has 2 N–H and O–H groups in total. The van der Waals surface area contributed by atoms with Gasteiger partial charge in [0.15, 0.2) is 11.5 Å². The lowest BCUT2D eigenvalue weighted by Gasteiger charge is -2.26. The van der Waals surface area contributed by atoms with Gasteiger partial charge in [-0.15, -0.1) is 0 Å². The number of ether oxygens (including phenoxy) is 2. The number of allylic oxidation sites excluding steroid dienone is 1. The molecule has 1 aliphatic rings. The average molecular weight is 643 g/mol. The molecule has 1 aliphatic carbocycles. The van der Waals surface area contributed by atoms with E-state index < -0.39 is 0 Å². The molecule has 0 saturated heterocycles. The van der Waals surface area contributed by atoms with Crippen molar-refractivity contribution in [2.75, 3.05) is 51.0 Å². The Labute approximate surface area is 250 Å². The van der Waals surface area contributed by atoms with Crippen LogP contribution in [0.25, 0.3) is 5.57 Å². The first-order chi connectivity index (χ1) is 18.8. The number of hydrogen-bond acceptors (Lipinski definition) is 7. The van der Waals surface area contributed by atoms with E-state index in [-0.39, 0.29) is 27.6 Å². The third-order valence-corrected chi connectivity index (χ3v) is 8.55. The first-order valence-electron chi connectivity index (χ1n) is 13.4. The lowest BCUT2D eigenvalue weighted by atomic mass is 9.84. The summed E-state index contributed by atoms with van der Waals surface area (Å²) < 4.78 is 11.3. The number of hydrogen-bond donors (Lipinski definition) is 2. The lowest BCUT2D eigenvalue weighted by Crippen LogP contribution is -2.24. The number of nitrogens with one attached hydrogen (secondary N) is 2. The predicted molar refractivity (Wildman–Crippen MR) is 164 cm³/mol. The van der Waals surface area contributed by atoms with E-state index in [0.717, 1.165) is 56.8 Å². The van der Waals surface area contributed by atoms with Gasteiger partial charge in [0, 0.05) is 12.1 Å². The van der Waals surface area contributed by atoms with Gasteiger partial charge in [0.2, 0.25) is 0 Å². The van der Waals surface area contributed by atoms with Crippen molar-refractivity contribution in [3.05, 3.63) is 38.2 Å². The van der Waals surface area contributed by atoms with Gasteiger partial charge in [0.1, 0.15) is 26.7 Å². The quantitative estimate of drug-likeness (QED) is 0.208. The number of carbonyl (C=O) groups is 1. The molecule has 0 radical (unpaired) electrons. The number of benzene rings is 1. The summed E-state index contributed by atoms with van der Waals surface area (Å²) in [6.07, 6.45) is 8.40. The van der Waals surface area contributed by atoms with E-state index in [0.29, 0.717) is 33.7 Å². The van der Waals surface area contributed by atoms with Gasteiger partial charge in [0.05, 0.1) is 31.2 Å². The predicted octanol–water partition coefficient (Wildman–Crippen LogP) is 7.41. The van der Waals surface area contributed by atoms with Crippen LogP contribution in [-0.4, -0.2) is 61.2 Å². The van der Waals surface area contributed by atoms with Crippen molar-refractivity contribution in [2.45, 2.75) is 58.8 Å². The van der Waals surface area contributed by atoms with Crippen LogP contribution < -0.4 is 20.1 Å². The van der Waals surface area contributed by atoms with Gasteiger partial charge in [0.25, 0.3) is 5.91 Å². The fourth-order valence-electron chi connectivity index (χ4n) is 4.84. The summed E-state index contributed by atoms with van der Waals surface area (Å²) >= 11 is 16.5. The second-order valence-electron chi connectivity index (χ2n) is 9.30. The summed E-state index contributed by atoms with van der Waals surface area (Å²) in [6, 6.07) is 0. The third-order valence-electron chi connectivity index (χ3n) is 7.11. The summed E-state index contributed by atoms with van der Waals surface area (Å²) in [5, 5.41) is 6.71. The molecule has 1 aromatic carbocycles. The van der Waals surface area contributed by atoms with Crippen LogP contribution in [0.15, 0.2) is 16.9 Å². The molecule has 1 heterocycles. The molecular weight excluding hydrogens is 605 g/mol. The number of anilines is 2. The maximum Gasteiger partial charge on any atom is 0.257 e. The van der Waals surface area contributed by atoms with Gasteiger partial charge in [-0.25, -0.2) is 9.97 Å². The zero-order valence-corrected chi connectivity index (χ0v) is 26.4. The van der Waals surface area contributed by atoms with E-state index in [1.165, 1.54) is 27.0 Å². The fraction of sp³-hybridized carbons (Fsp3) is 0.536. The zero-order chi connectivity index (χ0) is 28.5. The van der Waals surface area contributed by atoms with Crippen molar-refractivity contribution >= 4 is 62.1 Å². The van der Waals surface area contributed by atoms with Crippen LogP contribution in [0.5, 0.6) is 11.5 Å². The standard InChI is InChI=1S/C28H38BrCl2N5O3/c1-6-17-12-13-18(28(37)35-24-21(30)25(38-4)20(29)26(39-5)22(24)31)23-19(17)27(34-16-33-23)32-14-10-9-11-15-36(7-2)8-3/h13,16-17H,6-12,14-15H2,1-5H3,(H,35,37)(H,32,33,34). The molecule has 2 aromatic rings. The van der Waals surface area contributed by atoms with Gasteiger partial charge in [-0.3, -0.25) is 4.79 Å². The third kappa shape index (κ3) is 7.17. The summed E-state index contributed by atoms with van der Waals surface area (Å²) in [4.78, 5) is 25.1. The molecule has 3 rings (SSSR count). The van der Waals surface area contributed by atoms with Gasteiger partial charge in [-0.05, 0) is 67.2 Å². The van der Waals surface area contributed by atoms with E-state index in [4.69, 9.17) is 32.7 Å². The number of halogens is 3. The summed E-state index contributed by atoms with van der Waals surface area (Å²) in [6.45, 7) is 10.7. The highest BCUT2D eigenvalue weighted by Gasteiger charge is 2.31. The minimum atomic E-state index is -0.373. The zero-order valence-electron chi connectivity index (χ0n) is 23.3. The number of unbranched alkanes of at least 4 members (excludes halogenated alkanes) is 2. The van der Waals surface area contributed by atoms with Crippen LogP contribution in [0.3, 0.4) is 0 Å². The lowest BCUT2D eigenvalue weighted by molar-refractivity contribution is -0.111. The van der Waals surface area contributed by atoms with Crippen molar-refractivity contribution in [1.29, 1.82) is 0 Å². The van der Waals surface area contributed by atoms with Crippen molar-refractivity contribution in [3.63, 3.8) is 0 Å². The van der Waals surface area contributed by atoms with E-state index in [2.05, 4.69) is 62.2 Å². The van der Waals surface area contributed by atoms with Crippen LogP contribution in [0.1, 0.15) is 70.1 Å². The Kier molecular flexibility index (Phi) is 12.2. The molecule has 1 aromatic heterocycles. The van der Waals surface area contributed by atoms with Crippen LogP contribution >= 0.6 is 39.1 Å². The molecule has 0 fully saturated rings. The summed E-state index contributed by atoms with van der Waals surface area (Å²) in [7, 11) is 2.96. The van der Waals surface area contributed by atoms with Crippen molar-refractivity contribution < 1.29 is 14.3 Å². The Morgan fingerprint density at radius 3 is 2.33 bits per heavy atom. The molecule has 1 amide bonds. The Morgan fingerprint density at radius 2 is 1.74 bits per heavy atom. The SMILES string of the molecule is CCC1CC=C(C(=O)Nc2c(Cl)c(OC)c(Br)c(OC)c2Cl)c2ncnc(NCCCCCN(CC)CC)c21. The van der Waals surface area contributed by atoms with Crippen LogP contribution in [-0.2, 0) is 4.79 Å². The van der Waals surface area contributed by atoms with E-state index in [9.17, 15) is 4.79 Å². The molecule has 214 valence electrons. The number of amides is 1. The minimum absolute atomic E-state index is 0.164. The van der Waals surface area contributed by atoms with Gasteiger partial charge in [-0.1, -0.05) is 56.5 Å². The molecule has 1 unspecified atom stereocenters. The second kappa shape index (κ2) is 15.1. The molecule has 0 spiro atoms. The molecule has 8 nitrogen and oxygen atoms in total. The normalized spacial score (nSPS) is 14.6. The minimum Gasteiger partial charge on any atom is -0.494 e. The first-order valence-corrected chi connectivity index (χ1v) is 15.0. The van der Waals surface area contributed by atoms with Crippen LogP contribution in [0, 0.1) is 0 Å². The van der Waals surface area contributed by atoms with Gasteiger partial charge >= 0.3 is 0 Å². The second-order valence-corrected chi connectivity index (χ2v) is 10.8. The number of fused-ring (bicyclic) bond motifs is 1. The number of methoxy groups -OCH3 is 2. The van der Waals surface area contributed by atoms with Crippen molar-refractivity contribution in [1.82, 2.24) is 14.9 Å². The maximum atomic E-state index is 13.6. The largest absolute Gasteiger partial charge is 0.494 e. The molecule has 39 heavy (non-hydrogen) atoms. The van der Waals surface area contributed by atoms with E-state index in [1.54, 1.807) is 0 Å². The number of carbonyl (C=O) groups excluding carboxylic acids is 1. The Hall–Kier alpha value is -2.07. The maximum absolute atomic E-state index is 13.6. The highest BCUT2D eigenvalue weighted by Crippen LogP contribution is 2.51. The average Bonchev–Trinajstić information content (AvgIpc) is 2.94. The van der Waals surface area contributed by atoms with E-state index >= 15 is 0 Å². The Bertz CT molecular complexity index is 1160. The smallest absolute Gasteiger partial charge is 0.257 e. The molecular formula is C28H38BrCl2N5O3. The van der Waals surface area contributed by atoms with Crippen molar-refractivity contribution in [2.24, 2.45) is 0 Å². The van der Waals surface area contributed by atoms with Gasteiger partial charge < -0.3 is 25.0 Å². The number of aromatic nitrogens is 2. The fourth-order valence-corrected chi connectivity index (χ4v) is 6.46. The highest BCUT2D eigenvalue weighted by atomic mass is 79.9. The van der Waals surface area contributed by atoms with E-state index in [1.807, 2.05) is 6.08 Å². The molecule has 0 aliphatic heterocycles. The number of rotatable bonds is 14. The number of nitrogens with zero attached hydrogens (tertiary/aromatic N) is 3. The van der Waals surface area contributed by atoms with Crippen molar-refractivity contribution in [3.8, 4) is 11.5 Å². The summed E-state index contributed by atoms with van der Waals surface area (Å²) in [5.41, 5.74) is 2.25. The Morgan fingerprint density at radius 1 is 1.08 bits per heavy atom. The molecule has 0 bridgehead atoms. The monoisotopic (exact) mass is 641 g/mol. The van der Waals surface area contributed by atoms with Crippen LogP contribution in [0.2, 0.25) is 10.0 Å². The highest BCUT2D eigenvalue weighted by molar-refractivity contribution is 9.10. The van der Waals surface area contributed by atoms with Gasteiger partial charge in [-0.2, -0.15) is 0 Å². The summed E-state index contributed by atoms with van der Waals surface area (Å²) in [5.74, 6) is 1.24. The topological polar surface area (TPSA) is 88.6 Å². The molecule has 0 saturated carbocycles. The Balaban J connectivity index is 1.80. The molecule has 11 heteroatoms. The molecule has 1 atom stereocenters.